The van der Waals surface area contributed by atoms with Crippen molar-refractivity contribution in [2.75, 3.05) is 17.7 Å². The van der Waals surface area contributed by atoms with Crippen molar-refractivity contribution in [3.8, 4) is 0 Å². The molecule has 18 heavy (non-hydrogen) atoms. The molecule has 5 heteroatoms. The van der Waals surface area contributed by atoms with Crippen molar-refractivity contribution in [1.82, 2.24) is 14.4 Å². The Hall–Kier alpha value is -1.78. The number of hydrogen-bond acceptors (Lipinski definition) is 4. The van der Waals surface area contributed by atoms with Gasteiger partial charge in [0.05, 0.1) is 6.20 Å². The highest BCUT2D eigenvalue weighted by Crippen LogP contribution is 2.19. The molecule has 0 aliphatic heterocycles. The van der Waals surface area contributed by atoms with E-state index in [1.165, 1.54) is 0 Å². The van der Waals surface area contributed by atoms with Crippen LogP contribution in [-0.4, -0.2) is 27.5 Å². The average molecular weight is 247 g/mol. The molecule has 0 saturated heterocycles. The molecule has 0 aliphatic rings. The van der Waals surface area contributed by atoms with Crippen molar-refractivity contribution < 1.29 is 0 Å². The van der Waals surface area contributed by atoms with E-state index in [4.69, 9.17) is 0 Å². The molecule has 2 N–H and O–H groups in total. The summed E-state index contributed by atoms with van der Waals surface area (Å²) >= 11 is 0. The zero-order valence-electron chi connectivity index (χ0n) is 11.4. The zero-order valence-corrected chi connectivity index (χ0v) is 11.4. The fourth-order valence-corrected chi connectivity index (χ4v) is 1.86. The number of aromatic nitrogens is 3. The molecule has 2 atom stereocenters. The molecule has 0 radical (unpaired) electrons. The maximum atomic E-state index is 4.54. The summed E-state index contributed by atoms with van der Waals surface area (Å²) in [6.07, 6.45) is 6.79. The van der Waals surface area contributed by atoms with E-state index in [2.05, 4.69) is 41.4 Å². The normalized spacial score (nSPS) is 14.4. The minimum atomic E-state index is 0.370. The molecular weight excluding hydrogens is 226 g/mol. The van der Waals surface area contributed by atoms with Crippen LogP contribution in [0, 0.1) is 5.92 Å². The first-order valence-corrected chi connectivity index (χ1v) is 6.43. The maximum Gasteiger partial charge on any atom is 0.180 e. The van der Waals surface area contributed by atoms with Gasteiger partial charge in [-0.25, -0.2) is 9.97 Å². The van der Waals surface area contributed by atoms with E-state index < -0.39 is 0 Å². The second kappa shape index (κ2) is 5.25. The van der Waals surface area contributed by atoms with Gasteiger partial charge in [-0.1, -0.05) is 20.3 Å². The molecule has 0 aliphatic carbocycles. The summed E-state index contributed by atoms with van der Waals surface area (Å²) in [5.41, 5.74) is 0.865. The van der Waals surface area contributed by atoms with Crippen LogP contribution < -0.4 is 10.6 Å². The van der Waals surface area contributed by atoms with Gasteiger partial charge in [0.25, 0.3) is 0 Å². The fourth-order valence-electron chi connectivity index (χ4n) is 1.86. The van der Waals surface area contributed by atoms with E-state index in [0.717, 1.165) is 23.7 Å². The minimum absolute atomic E-state index is 0.370. The maximum absolute atomic E-state index is 4.54. The summed E-state index contributed by atoms with van der Waals surface area (Å²) in [6.45, 7) is 6.62. The minimum Gasteiger partial charge on any atom is -0.372 e. The second-order valence-electron chi connectivity index (χ2n) is 4.70. The van der Waals surface area contributed by atoms with Crippen LogP contribution in [0.3, 0.4) is 0 Å². The van der Waals surface area contributed by atoms with Crippen molar-refractivity contribution in [1.29, 1.82) is 0 Å². The number of nitrogens with one attached hydrogen (secondary N) is 2. The van der Waals surface area contributed by atoms with E-state index in [1.54, 1.807) is 6.20 Å². The molecule has 2 rings (SSSR count). The monoisotopic (exact) mass is 247 g/mol. The molecule has 0 saturated carbocycles. The highest BCUT2D eigenvalue weighted by molar-refractivity contribution is 5.65. The van der Waals surface area contributed by atoms with Gasteiger partial charge < -0.3 is 15.0 Å². The smallest absolute Gasteiger partial charge is 0.180 e. The van der Waals surface area contributed by atoms with Crippen LogP contribution in [0.25, 0.3) is 5.65 Å². The number of nitrogens with zero attached hydrogens (tertiary/aromatic N) is 3. The lowest BCUT2D eigenvalue weighted by atomic mass is 10.0. The lowest BCUT2D eigenvalue weighted by molar-refractivity contribution is 0.494. The first-order chi connectivity index (χ1) is 8.65. The van der Waals surface area contributed by atoms with Crippen LogP contribution in [0.15, 0.2) is 18.6 Å². The van der Waals surface area contributed by atoms with Crippen LogP contribution >= 0.6 is 0 Å². The van der Waals surface area contributed by atoms with Gasteiger partial charge in [-0.3, -0.25) is 0 Å². The van der Waals surface area contributed by atoms with Crippen LogP contribution in [-0.2, 0) is 0 Å². The largest absolute Gasteiger partial charge is 0.372 e. The highest BCUT2D eigenvalue weighted by atomic mass is 15.1. The van der Waals surface area contributed by atoms with E-state index >= 15 is 0 Å². The van der Waals surface area contributed by atoms with Crippen molar-refractivity contribution in [3.05, 3.63) is 18.6 Å². The van der Waals surface area contributed by atoms with Crippen LogP contribution in [0.2, 0.25) is 0 Å². The van der Waals surface area contributed by atoms with E-state index in [0.29, 0.717) is 12.0 Å². The molecule has 0 fully saturated rings. The van der Waals surface area contributed by atoms with E-state index in [1.807, 2.05) is 23.8 Å². The molecule has 0 spiro atoms. The Kier molecular flexibility index (Phi) is 3.69. The molecule has 5 nitrogen and oxygen atoms in total. The van der Waals surface area contributed by atoms with Crippen molar-refractivity contribution in [3.63, 3.8) is 0 Å². The van der Waals surface area contributed by atoms with Gasteiger partial charge in [-0.05, 0) is 12.8 Å². The van der Waals surface area contributed by atoms with Crippen molar-refractivity contribution in [2.45, 2.75) is 33.2 Å². The molecule has 0 aromatic carbocycles. The Morgan fingerprint density at radius 2 is 2.17 bits per heavy atom. The van der Waals surface area contributed by atoms with Crippen molar-refractivity contribution >= 4 is 17.3 Å². The molecule has 2 unspecified atom stereocenters. The molecule has 2 heterocycles. The lowest BCUT2D eigenvalue weighted by Gasteiger charge is -2.21. The summed E-state index contributed by atoms with van der Waals surface area (Å²) in [5.74, 6) is 2.26. The molecular formula is C13H21N5. The molecule has 0 amide bonds. The lowest BCUT2D eigenvalue weighted by Crippen LogP contribution is -2.24. The number of anilines is 2. The predicted octanol–water partition coefficient (Wildman–Crippen LogP) is 2.62. The molecule has 0 bridgehead atoms. The third kappa shape index (κ3) is 2.39. The van der Waals surface area contributed by atoms with Gasteiger partial charge >= 0.3 is 0 Å². The molecule has 2 aromatic rings. The quantitative estimate of drug-likeness (QED) is 0.852. The molecule has 2 aromatic heterocycles. The Balaban J connectivity index is 2.33. The highest BCUT2D eigenvalue weighted by Gasteiger charge is 2.13. The third-order valence-electron chi connectivity index (χ3n) is 3.49. The number of imidazole rings is 1. The van der Waals surface area contributed by atoms with Gasteiger partial charge in [0.2, 0.25) is 0 Å². The summed E-state index contributed by atoms with van der Waals surface area (Å²) in [7, 11) is 1.87. The Bertz CT molecular complexity index is 519. The third-order valence-corrected chi connectivity index (χ3v) is 3.49. The van der Waals surface area contributed by atoms with E-state index in [9.17, 15) is 0 Å². The number of rotatable bonds is 5. The van der Waals surface area contributed by atoms with E-state index in [-0.39, 0.29) is 0 Å². The Morgan fingerprint density at radius 3 is 2.83 bits per heavy atom. The van der Waals surface area contributed by atoms with Crippen LogP contribution in [0.1, 0.15) is 27.2 Å². The molecule has 98 valence electrons. The first kappa shape index (κ1) is 12.7. The van der Waals surface area contributed by atoms with Gasteiger partial charge in [-0.15, -0.1) is 0 Å². The van der Waals surface area contributed by atoms with Crippen LogP contribution in [0.4, 0.5) is 11.6 Å². The Morgan fingerprint density at radius 1 is 1.39 bits per heavy atom. The summed E-state index contributed by atoms with van der Waals surface area (Å²) < 4.78 is 1.98. The van der Waals surface area contributed by atoms with Crippen LogP contribution in [0.5, 0.6) is 0 Å². The number of fused-ring (bicyclic) bond motifs is 1. The summed E-state index contributed by atoms with van der Waals surface area (Å²) in [6, 6.07) is 0.370. The van der Waals surface area contributed by atoms with Gasteiger partial charge in [0.1, 0.15) is 5.82 Å². The standard InChI is InChI=1S/C13H21N5/c1-5-9(2)10(3)16-12-13-15-6-7-18(13)8-11(14-4)17-12/h6-10,14H,5H2,1-4H3,(H,16,17). The van der Waals surface area contributed by atoms with Gasteiger partial charge in [0.15, 0.2) is 11.5 Å². The van der Waals surface area contributed by atoms with Gasteiger partial charge in [0, 0.05) is 25.5 Å². The second-order valence-corrected chi connectivity index (χ2v) is 4.70. The Labute approximate surface area is 108 Å². The average Bonchev–Trinajstić information content (AvgIpc) is 2.85. The SMILES string of the molecule is CCC(C)C(C)Nc1nc(NC)cn2ccnc12. The zero-order chi connectivity index (χ0) is 13.1. The topological polar surface area (TPSA) is 54.2 Å². The number of hydrogen-bond donors (Lipinski definition) is 2. The fraction of sp³-hybridized carbons (Fsp3) is 0.538. The summed E-state index contributed by atoms with van der Waals surface area (Å²) in [5, 5.41) is 6.53. The first-order valence-electron chi connectivity index (χ1n) is 6.43. The predicted molar refractivity (Wildman–Crippen MR) is 75.1 cm³/mol. The van der Waals surface area contributed by atoms with Gasteiger partial charge in [-0.2, -0.15) is 0 Å². The summed E-state index contributed by atoms with van der Waals surface area (Å²) in [4.78, 5) is 8.89. The van der Waals surface area contributed by atoms with Crippen molar-refractivity contribution in [2.24, 2.45) is 5.92 Å².